The number of nitrogens with zero attached hydrogens (tertiary/aromatic N) is 3. The maximum Gasteiger partial charge on any atom is 0.211 e. The van der Waals surface area contributed by atoms with Crippen LogP contribution in [0.15, 0.2) is 5.11 Å². The summed E-state index contributed by atoms with van der Waals surface area (Å²) in [7, 11) is -3.12. The highest BCUT2D eigenvalue weighted by atomic mass is 32.2. The van der Waals surface area contributed by atoms with Crippen LogP contribution in [0.3, 0.4) is 0 Å². The summed E-state index contributed by atoms with van der Waals surface area (Å²) in [4.78, 5) is 2.57. The Hall–Kier alpha value is -0.780. The van der Waals surface area contributed by atoms with Crippen LogP contribution >= 0.6 is 0 Å². The van der Waals surface area contributed by atoms with E-state index in [-0.39, 0.29) is 5.75 Å². The first-order valence-corrected chi connectivity index (χ1v) is 6.26. The highest BCUT2D eigenvalue weighted by molar-refractivity contribution is 7.89. The lowest BCUT2D eigenvalue weighted by Gasteiger charge is -2.04. The van der Waals surface area contributed by atoms with Crippen LogP contribution in [-0.2, 0) is 10.0 Å². The number of rotatable bonds is 8. The van der Waals surface area contributed by atoms with Gasteiger partial charge < -0.3 is 0 Å². The molecule has 0 rings (SSSR count). The second-order valence-electron chi connectivity index (χ2n) is 2.87. The molecule has 0 aromatic heterocycles. The number of nitrogens with one attached hydrogen (secondary N) is 1. The fraction of sp³-hybridized carbons (Fsp3) is 1.00. The number of hydrogen-bond donors (Lipinski definition) is 1. The highest BCUT2D eigenvalue weighted by Gasteiger charge is 2.07. The van der Waals surface area contributed by atoms with Crippen molar-refractivity contribution in [2.75, 3.05) is 18.8 Å². The number of unbranched alkanes of at least 4 members (excludes halogenated alkanes) is 1. The van der Waals surface area contributed by atoms with E-state index in [2.05, 4.69) is 14.7 Å². The lowest BCUT2D eigenvalue weighted by Crippen LogP contribution is -2.27. The molecule has 0 heterocycles. The second kappa shape index (κ2) is 7.61. The van der Waals surface area contributed by atoms with Crippen LogP contribution in [-0.4, -0.2) is 27.3 Å². The first-order chi connectivity index (χ1) is 6.62. The molecule has 1 N–H and O–H groups in total. The molecule has 0 bridgehead atoms. The van der Waals surface area contributed by atoms with E-state index >= 15 is 0 Å². The van der Waals surface area contributed by atoms with Crippen LogP contribution in [0.2, 0.25) is 0 Å². The van der Waals surface area contributed by atoms with Crippen molar-refractivity contribution in [3.05, 3.63) is 10.4 Å². The normalized spacial score (nSPS) is 10.9. The van der Waals surface area contributed by atoms with Crippen LogP contribution in [0, 0.1) is 0 Å². The van der Waals surface area contributed by atoms with Gasteiger partial charge in [-0.3, -0.25) is 0 Å². The van der Waals surface area contributed by atoms with Crippen molar-refractivity contribution >= 4 is 10.0 Å². The van der Waals surface area contributed by atoms with Crippen LogP contribution < -0.4 is 4.72 Å². The molecule has 0 saturated heterocycles. The fourth-order valence-corrected chi connectivity index (χ4v) is 2.10. The van der Waals surface area contributed by atoms with Gasteiger partial charge in [0.2, 0.25) is 10.0 Å². The lowest BCUT2D eigenvalue weighted by molar-refractivity contribution is 0.576. The van der Waals surface area contributed by atoms with Gasteiger partial charge in [-0.2, -0.15) is 0 Å². The molecule has 0 aromatic rings. The summed E-state index contributed by atoms with van der Waals surface area (Å²) in [6.07, 6.45) is 2.07. The maximum atomic E-state index is 11.2. The average Bonchev–Trinajstić information content (AvgIpc) is 2.15. The van der Waals surface area contributed by atoms with E-state index in [0.29, 0.717) is 25.9 Å². The van der Waals surface area contributed by atoms with E-state index in [1.54, 1.807) is 0 Å². The Balaban J connectivity index is 3.60. The minimum Gasteiger partial charge on any atom is -0.215 e. The van der Waals surface area contributed by atoms with E-state index in [0.717, 1.165) is 6.42 Å². The Morgan fingerprint density at radius 3 is 2.71 bits per heavy atom. The maximum absolute atomic E-state index is 11.2. The summed E-state index contributed by atoms with van der Waals surface area (Å²) in [6, 6.07) is 0. The first-order valence-electron chi connectivity index (χ1n) is 4.60. The Bertz CT molecular complexity index is 282. The predicted molar refractivity (Wildman–Crippen MR) is 55.3 cm³/mol. The van der Waals surface area contributed by atoms with Gasteiger partial charge in [0.1, 0.15) is 0 Å². The molecular weight excluding hydrogens is 204 g/mol. The molecule has 14 heavy (non-hydrogen) atoms. The van der Waals surface area contributed by atoms with E-state index in [1.807, 2.05) is 6.92 Å². The molecule has 0 aromatic carbocycles. The molecule has 0 aliphatic carbocycles. The van der Waals surface area contributed by atoms with Crippen molar-refractivity contribution in [3.8, 4) is 0 Å². The van der Waals surface area contributed by atoms with Gasteiger partial charge in [0.15, 0.2) is 0 Å². The SMILES string of the molecule is CCCCS(=O)(=O)NCCCN=[N+]=[N-]. The molecule has 0 aliphatic heterocycles. The smallest absolute Gasteiger partial charge is 0.211 e. The van der Waals surface area contributed by atoms with Crippen molar-refractivity contribution in [1.82, 2.24) is 4.72 Å². The summed E-state index contributed by atoms with van der Waals surface area (Å²) in [5.74, 6) is 0.172. The minimum absolute atomic E-state index is 0.172. The first kappa shape index (κ1) is 13.2. The zero-order chi connectivity index (χ0) is 10.9. The van der Waals surface area contributed by atoms with Crippen molar-refractivity contribution in [3.63, 3.8) is 0 Å². The molecule has 6 nitrogen and oxygen atoms in total. The van der Waals surface area contributed by atoms with Crippen LogP contribution in [0.1, 0.15) is 26.2 Å². The van der Waals surface area contributed by atoms with Crippen molar-refractivity contribution in [1.29, 1.82) is 0 Å². The molecule has 0 unspecified atom stereocenters. The predicted octanol–water partition coefficient (Wildman–Crippen LogP) is 1.41. The highest BCUT2D eigenvalue weighted by Crippen LogP contribution is 1.93. The summed E-state index contributed by atoms with van der Waals surface area (Å²) in [5.41, 5.74) is 7.96. The molecule has 0 spiro atoms. The third-order valence-corrected chi connectivity index (χ3v) is 3.06. The van der Waals surface area contributed by atoms with Gasteiger partial charge in [0, 0.05) is 18.0 Å². The average molecular weight is 220 g/mol. The Kier molecular flexibility index (Phi) is 7.18. The molecule has 7 heteroatoms. The van der Waals surface area contributed by atoms with Crippen LogP contribution in [0.5, 0.6) is 0 Å². The van der Waals surface area contributed by atoms with Crippen LogP contribution in [0.4, 0.5) is 0 Å². The molecule has 0 saturated carbocycles. The monoisotopic (exact) mass is 220 g/mol. The molecule has 82 valence electrons. The van der Waals surface area contributed by atoms with Crippen LogP contribution in [0.25, 0.3) is 10.4 Å². The van der Waals surface area contributed by atoms with Crippen molar-refractivity contribution < 1.29 is 8.42 Å². The molecular formula is C7H16N4O2S. The Labute approximate surface area is 84.4 Å². The van der Waals surface area contributed by atoms with Gasteiger partial charge in [-0.1, -0.05) is 18.5 Å². The topological polar surface area (TPSA) is 94.9 Å². The summed E-state index contributed by atoms with van der Waals surface area (Å²) in [5, 5.41) is 3.30. The van der Waals surface area contributed by atoms with Gasteiger partial charge in [-0.05, 0) is 18.4 Å². The summed E-state index contributed by atoms with van der Waals surface area (Å²) in [6.45, 7) is 2.61. The molecule has 0 amide bonds. The Morgan fingerprint density at radius 1 is 1.43 bits per heavy atom. The lowest BCUT2D eigenvalue weighted by atomic mass is 10.4. The zero-order valence-corrected chi connectivity index (χ0v) is 9.13. The number of azide groups is 1. The quantitative estimate of drug-likeness (QED) is 0.290. The van der Waals surface area contributed by atoms with Gasteiger partial charge in [-0.15, -0.1) is 0 Å². The third kappa shape index (κ3) is 7.85. The third-order valence-electron chi connectivity index (χ3n) is 1.59. The van der Waals surface area contributed by atoms with Gasteiger partial charge in [-0.25, -0.2) is 13.1 Å². The summed E-state index contributed by atoms with van der Waals surface area (Å²) >= 11 is 0. The van der Waals surface area contributed by atoms with Gasteiger partial charge >= 0.3 is 0 Å². The molecule has 0 atom stereocenters. The van der Waals surface area contributed by atoms with Crippen molar-refractivity contribution in [2.45, 2.75) is 26.2 Å². The number of hydrogen-bond acceptors (Lipinski definition) is 3. The fourth-order valence-electron chi connectivity index (χ4n) is 0.829. The minimum atomic E-state index is -3.12. The summed E-state index contributed by atoms with van der Waals surface area (Å²) < 4.78 is 24.9. The Morgan fingerprint density at radius 2 is 2.14 bits per heavy atom. The van der Waals surface area contributed by atoms with Crippen molar-refractivity contribution in [2.24, 2.45) is 5.11 Å². The molecule has 0 radical (unpaired) electrons. The van der Waals surface area contributed by atoms with E-state index < -0.39 is 10.0 Å². The number of sulfonamides is 1. The van der Waals surface area contributed by atoms with E-state index in [9.17, 15) is 8.42 Å². The molecule has 0 aliphatic rings. The standard InChI is InChI=1S/C7H16N4O2S/c1-2-3-7-14(12,13)10-6-4-5-9-11-8/h10H,2-7H2,1H3. The second-order valence-corrected chi connectivity index (χ2v) is 4.80. The molecule has 0 fully saturated rings. The van der Waals surface area contributed by atoms with Gasteiger partial charge in [0.25, 0.3) is 0 Å². The van der Waals surface area contributed by atoms with E-state index in [1.165, 1.54) is 0 Å². The zero-order valence-electron chi connectivity index (χ0n) is 8.31. The van der Waals surface area contributed by atoms with E-state index in [4.69, 9.17) is 5.53 Å². The largest absolute Gasteiger partial charge is 0.215 e. The van der Waals surface area contributed by atoms with Gasteiger partial charge in [0.05, 0.1) is 5.75 Å².